The van der Waals surface area contributed by atoms with Gasteiger partial charge >= 0.3 is 0 Å². The van der Waals surface area contributed by atoms with E-state index in [1.807, 2.05) is 24.3 Å². The average molecular weight is 290 g/mol. The van der Waals surface area contributed by atoms with Crippen molar-refractivity contribution in [3.63, 3.8) is 0 Å². The number of benzene rings is 2. The van der Waals surface area contributed by atoms with Crippen molar-refractivity contribution >= 4 is 11.4 Å². The number of aliphatic hydroxyl groups is 1. The average Bonchev–Trinajstić information content (AvgIpc) is 2.51. The fraction of sp³-hybridized carbons (Fsp3) is 0.176. The maximum absolute atomic E-state index is 10.7. The van der Waals surface area contributed by atoms with Gasteiger partial charge < -0.3 is 16.6 Å². The molecule has 2 aromatic rings. The summed E-state index contributed by atoms with van der Waals surface area (Å²) in [6, 6.07) is 14.6. The standard InChI is InChI=1S/C17H14N4O/c18-7-9(8-19)16-14-5-10(20)1-3-12(14)13-4-2-11(21)6-15(13)17(16)22/h1-6,9,16-17,22H,20-21H2. The Kier molecular flexibility index (Phi) is 3.21. The van der Waals surface area contributed by atoms with Crippen LogP contribution in [0.4, 0.5) is 11.4 Å². The van der Waals surface area contributed by atoms with Crippen molar-refractivity contribution in [1.29, 1.82) is 10.5 Å². The molecule has 2 atom stereocenters. The van der Waals surface area contributed by atoms with Crippen LogP contribution in [0.25, 0.3) is 11.1 Å². The van der Waals surface area contributed by atoms with Crippen LogP contribution in [-0.2, 0) is 0 Å². The summed E-state index contributed by atoms with van der Waals surface area (Å²) < 4.78 is 0. The molecule has 3 rings (SSSR count). The number of anilines is 2. The van der Waals surface area contributed by atoms with E-state index in [1.165, 1.54) is 0 Å². The van der Waals surface area contributed by atoms with Crippen molar-refractivity contribution < 1.29 is 5.11 Å². The predicted molar refractivity (Wildman–Crippen MR) is 83.1 cm³/mol. The van der Waals surface area contributed by atoms with Gasteiger partial charge in [0.25, 0.3) is 0 Å². The topological polar surface area (TPSA) is 120 Å². The summed E-state index contributed by atoms with van der Waals surface area (Å²) in [5.41, 5.74) is 15.8. The molecule has 2 aromatic carbocycles. The Hall–Kier alpha value is -3.02. The minimum Gasteiger partial charge on any atom is -0.399 e. The van der Waals surface area contributed by atoms with Crippen molar-refractivity contribution in [3.05, 3.63) is 47.5 Å². The molecule has 0 saturated heterocycles. The van der Waals surface area contributed by atoms with E-state index in [1.54, 1.807) is 24.3 Å². The molecule has 1 aliphatic carbocycles. The minimum atomic E-state index is -0.975. The zero-order chi connectivity index (χ0) is 15.9. The van der Waals surface area contributed by atoms with Crippen LogP contribution in [0.5, 0.6) is 0 Å². The normalized spacial score (nSPS) is 18.9. The second-order valence-electron chi connectivity index (χ2n) is 5.40. The highest BCUT2D eigenvalue weighted by Crippen LogP contribution is 2.49. The molecular formula is C17H14N4O. The summed E-state index contributed by atoms with van der Waals surface area (Å²) in [6.45, 7) is 0. The molecule has 0 radical (unpaired) electrons. The lowest BCUT2D eigenvalue weighted by Gasteiger charge is -2.33. The zero-order valence-electron chi connectivity index (χ0n) is 11.7. The van der Waals surface area contributed by atoms with Crippen LogP contribution >= 0.6 is 0 Å². The van der Waals surface area contributed by atoms with Crippen molar-refractivity contribution in [2.75, 3.05) is 11.5 Å². The van der Waals surface area contributed by atoms with Gasteiger partial charge in [-0.25, -0.2) is 0 Å². The number of rotatable bonds is 1. The number of aliphatic hydroxyl groups excluding tert-OH is 1. The van der Waals surface area contributed by atoms with Crippen LogP contribution in [0.15, 0.2) is 36.4 Å². The summed E-state index contributed by atoms with van der Waals surface area (Å²) in [5.74, 6) is -1.62. The summed E-state index contributed by atoms with van der Waals surface area (Å²) in [7, 11) is 0. The first kappa shape index (κ1) is 13.9. The number of nitrogens with two attached hydrogens (primary N) is 2. The molecule has 2 unspecified atom stereocenters. The second kappa shape index (κ2) is 5.07. The van der Waals surface area contributed by atoms with Crippen LogP contribution in [0.3, 0.4) is 0 Å². The summed E-state index contributed by atoms with van der Waals surface area (Å²) in [5, 5.41) is 29.2. The van der Waals surface area contributed by atoms with Gasteiger partial charge in [-0.15, -0.1) is 0 Å². The quantitative estimate of drug-likeness (QED) is 0.696. The van der Waals surface area contributed by atoms with E-state index in [2.05, 4.69) is 0 Å². The number of nitrogen functional groups attached to an aromatic ring is 2. The first-order valence-corrected chi connectivity index (χ1v) is 6.83. The monoisotopic (exact) mass is 290 g/mol. The molecule has 5 heteroatoms. The van der Waals surface area contributed by atoms with Gasteiger partial charge in [-0.3, -0.25) is 0 Å². The summed E-state index contributed by atoms with van der Waals surface area (Å²) in [4.78, 5) is 0. The first-order chi connectivity index (χ1) is 10.6. The van der Waals surface area contributed by atoms with Crippen LogP contribution in [0.2, 0.25) is 0 Å². The number of fused-ring (bicyclic) bond motifs is 3. The third-order valence-corrected chi connectivity index (χ3v) is 4.10. The maximum Gasteiger partial charge on any atom is 0.143 e. The maximum atomic E-state index is 10.7. The Morgan fingerprint density at radius 3 is 1.95 bits per heavy atom. The van der Waals surface area contributed by atoms with Crippen LogP contribution in [0.1, 0.15) is 23.1 Å². The molecule has 0 amide bonds. The Balaban J connectivity index is 2.31. The number of hydrogen-bond donors (Lipinski definition) is 3. The molecule has 0 saturated carbocycles. The van der Waals surface area contributed by atoms with Crippen molar-refractivity contribution in [1.82, 2.24) is 0 Å². The van der Waals surface area contributed by atoms with Crippen LogP contribution < -0.4 is 11.5 Å². The molecule has 22 heavy (non-hydrogen) atoms. The molecule has 5 N–H and O–H groups in total. The van der Waals surface area contributed by atoms with E-state index in [9.17, 15) is 15.6 Å². The van der Waals surface area contributed by atoms with E-state index >= 15 is 0 Å². The van der Waals surface area contributed by atoms with Crippen LogP contribution in [0, 0.1) is 28.6 Å². The minimum absolute atomic E-state index is 0.529. The lowest BCUT2D eigenvalue weighted by Crippen LogP contribution is -2.23. The lowest BCUT2D eigenvalue weighted by atomic mass is 9.71. The van der Waals surface area contributed by atoms with E-state index in [0.717, 1.165) is 16.7 Å². The Bertz CT molecular complexity index is 818. The highest BCUT2D eigenvalue weighted by atomic mass is 16.3. The number of hydrogen-bond acceptors (Lipinski definition) is 5. The van der Waals surface area contributed by atoms with E-state index in [0.29, 0.717) is 16.9 Å². The fourth-order valence-corrected chi connectivity index (χ4v) is 3.09. The second-order valence-corrected chi connectivity index (χ2v) is 5.40. The molecular weight excluding hydrogens is 276 g/mol. The Morgan fingerprint density at radius 1 is 0.909 bits per heavy atom. The summed E-state index contributed by atoms with van der Waals surface area (Å²) in [6.07, 6.45) is -0.975. The van der Waals surface area contributed by atoms with Gasteiger partial charge in [0.15, 0.2) is 0 Å². The molecule has 0 aromatic heterocycles. The molecule has 0 fully saturated rings. The van der Waals surface area contributed by atoms with Gasteiger partial charge in [-0.2, -0.15) is 10.5 Å². The highest BCUT2D eigenvalue weighted by Gasteiger charge is 2.38. The van der Waals surface area contributed by atoms with E-state index in [4.69, 9.17) is 11.5 Å². The molecule has 0 spiro atoms. The number of nitrogens with zero attached hydrogens (tertiary/aromatic N) is 2. The van der Waals surface area contributed by atoms with E-state index < -0.39 is 17.9 Å². The summed E-state index contributed by atoms with van der Waals surface area (Å²) >= 11 is 0. The smallest absolute Gasteiger partial charge is 0.143 e. The Labute approximate surface area is 128 Å². The first-order valence-electron chi connectivity index (χ1n) is 6.83. The highest BCUT2D eigenvalue weighted by molar-refractivity contribution is 5.78. The third kappa shape index (κ3) is 1.96. The molecule has 0 aliphatic heterocycles. The van der Waals surface area contributed by atoms with Crippen LogP contribution in [-0.4, -0.2) is 5.11 Å². The van der Waals surface area contributed by atoms with Gasteiger partial charge in [0, 0.05) is 17.3 Å². The SMILES string of the molecule is N#CC(C#N)C1c2cc(N)ccc2-c2ccc(N)cc2C1O. The fourth-order valence-electron chi connectivity index (χ4n) is 3.09. The number of nitriles is 2. The molecule has 5 nitrogen and oxygen atoms in total. The molecule has 0 bridgehead atoms. The van der Waals surface area contributed by atoms with E-state index in [-0.39, 0.29) is 0 Å². The van der Waals surface area contributed by atoms with Gasteiger partial charge in [0.2, 0.25) is 0 Å². The van der Waals surface area contributed by atoms with Gasteiger partial charge in [-0.05, 0) is 46.5 Å². The van der Waals surface area contributed by atoms with Crippen molar-refractivity contribution in [2.24, 2.45) is 5.92 Å². The lowest BCUT2D eigenvalue weighted by molar-refractivity contribution is 0.134. The molecule has 0 heterocycles. The van der Waals surface area contributed by atoms with Gasteiger partial charge in [0.05, 0.1) is 18.2 Å². The van der Waals surface area contributed by atoms with Crippen molar-refractivity contribution in [2.45, 2.75) is 12.0 Å². The predicted octanol–water partition coefficient (Wildman–Crippen LogP) is 2.31. The largest absolute Gasteiger partial charge is 0.399 e. The van der Waals surface area contributed by atoms with Crippen molar-refractivity contribution in [3.8, 4) is 23.3 Å². The van der Waals surface area contributed by atoms with Gasteiger partial charge in [-0.1, -0.05) is 12.1 Å². The Morgan fingerprint density at radius 2 is 1.41 bits per heavy atom. The molecule has 1 aliphatic rings. The van der Waals surface area contributed by atoms with Gasteiger partial charge in [0.1, 0.15) is 5.92 Å². The zero-order valence-corrected chi connectivity index (χ0v) is 11.7. The third-order valence-electron chi connectivity index (χ3n) is 4.10. The molecule has 108 valence electrons.